The molecule has 0 aromatic heterocycles. The number of hydrogen-bond acceptors (Lipinski definition) is 11. The van der Waals surface area contributed by atoms with E-state index in [9.17, 15) is 33.6 Å². The Hall–Kier alpha value is -6.33. The molecule has 3 aromatic carbocycles. The summed E-state index contributed by atoms with van der Waals surface area (Å²) >= 11 is 0. The van der Waals surface area contributed by atoms with Crippen LogP contribution in [0.1, 0.15) is 57.1 Å². The van der Waals surface area contributed by atoms with E-state index in [1.807, 2.05) is 26.0 Å². The molecule has 0 saturated heterocycles. The molecule has 0 spiro atoms. The van der Waals surface area contributed by atoms with Crippen LogP contribution in [0.4, 0.5) is 5.69 Å². The molecule has 0 aliphatic carbocycles. The van der Waals surface area contributed by atoms with Crippen LogP contribution in [0.3, 0.4) is 0 Å². The minimum absolute atomic E-state index is 0.0466. The van der Waals surface area contributed by atoms with Gasteiger partial charge < -0.3 is 48.6 Å². The van der Waals surface area contributed by atoms with E-state index in [0.717, 1.165) is 5.56 Å². The largest absolute Gasteiger partial charge is 0.368 e. The van der Waals surface area contributed by atoms with E-state index in [0.29, 0.717) is 30.6 Å². The molecule has 0 unspecified atom stereocenters. The predicted octanol–water partition coefficient (Wildman–Crippen LogP) is 0.500. The molecular formula is C43H59N9O8. The Bertz CT molecular complexity index is 1850. The highest BCUT2D eigenvalue weighted by Crippen LogP contribution is 2.13. The van der Waals surface area contributed by atoms with Crippen molar-refractivity contribution in [3.63, 3.8) is 0 Å². The van der Waals surface area contributed by atoms with Gasteiger partial charge in [0.05, 0.1) is 24.7 Å². The quantitative estimate of drug-likeness (QED) is 0.0545. The fourth-order valence-corrected chi connectivity index (χ4v) is 6.09. The number of benzene rings is 3. The first-order chi connectivity index (χ1) is 28.7. The van der Waals surface area contributed by atoms with Gasteiger partial charge in [-0.15, -0.1) is 0 Å². The highest BCUT2D eigenvalue weighted by atomic mass is 16.7. The van der Waals surface area contributed by atoms with Gasteiger partial charge in [-0.3, -0.25) is 28.8 Å². The van der Waals surface area contributed by atoms with Crippen LogP contribution in [0.2, 0.25) is 0 Å². The number of rotatable bonds is 25. The van der Waals surface area contributed by atoms with Crippen LogP contribution in [0.15, 0.2) is 91.0 Å². The number of primary amides is 1. The van der Waals surface area contributed by atoms with Crippen molar-refractivity contribution in [3.8, 4) is 0 Å². The van der Waals surface area contributed by atoms with Crippen LogP contribution in [0, 0.1) is 5.92 Å². The number of carbonyl (C=O) groups is 7. The van der Waals surface area contributed by atoms with Crippen molar-refractivity contribution in [2.45, 2.75) is 89.0 Å². The number of nitrogens with zero attached hydrogens (tertiary/aromatic N) is 1. The van der Waals surface area contributed by atoms with Crippen molar-refractivity contribution >= 4 is 47.1 Å². The number of nitrogens with one attached hydrogen (secondary N) is 5. The SMILES string of the molecule is CC(C)C[C@H](NC(=O)CNC(=O)[C@H](Cc1ccccc1)NC(=O)[C@H](Cc1ccccc1)NC(=O)[C@@H](N)CCCN)C(=O)N[C@@H](CCC(=O)ON(C)c1ccccc1)C(N)=O. The van der Waals surface area contributed by atoms with Crippen LogP contribution in [0.25, 0.3) is 0 Å². The van der Waals surface area contributed by atoms with E-state index in [1.54, 1.807) is 85.9 Å². The zero-order valence-corrected chi connectivity index (χ0v) is 34.4. The first-order valence-electron chi connectivity index (χ1n) is 20.0. The number of hydroxylamine groups is 1. The lowest BCUT2D eigenvalue weighted by Gasteiger charge is -2.25. The number of nitrogens with two attached hydrogens (primary N) is 3. The average molecular weight is 830 g/mol. The summed E-state index contributed by atoms with van der Waals surface area (Å²) < 4.78 is 0. The Morgan fingerprint density at radius 3 is 1.68 bits per heavy atom. The summed E-state index contributed by atoms with van der Waals surface area (Å²) in [4.78, 5) is 97.4. The maximum atomic E-state index is 13.9. The number of amides is 6. The second-order valence-electron chi connectivity index (χ2n) is 14.8. The Morgan fingerprint density at radius 1 is 0.650 bits per heavy atom. The average Bonchev–Trinajstić information content (AvgIpc) is 3.23. The van der Waals surface area contributed by atoms with Crippen LogP contribution in [-0.4, -0.2) is 91.8 Å². The molecule has 3 rings (SSSR count). The molecule has 17 nitrogen and oxygen atoms in total. The van der Waals surface area contributed by atoms with Crippen molar-refractivity contribution < 1.29 is 38.4 Å². The van der Waals surface area contributed by atoms with Crippen molar-refractivity contribution in [2.24, 2.45) is 23.1 Å². The minimum Gasteiger partial charge on any atom is -0.368 e. The molecule has 6 amide bonds. The highest BCUT2D eigenvalue weighted by molar-refractivity contribution is 5.95. The lowest BCUT2D eigenvalue weighted by Crippen LogP contribution is -2.58. The van der Waals surface area contributed by atoms with Gasteiger partial charge in [-0.2, -0.15) is 0 Å². The number of carbonyl (C=O) groups excluding carboxylic acids is 7. The van der Waals surface area contributed by atoms with Crippen molar-refractivity contribution in [3.05, 3.63) is 102 Å². The third-order valence-electron chi connectivity index (χ3n) is 9.32. The Morgan fingerprint density at radius 2 is 1.15 bits per heavy atom. The Labute approximate surface area is 350 Å². The normalized spacial score (nSPS) is 13.4. The van der Waals surface area contributed by atoms with E-state index in [2.05, 4.69) is 26.6 Å². The smallest absolute Gasteiger partial charge is 0.332 e. The fourth-order valence-electron chi connectivity index (χ4n) is 6.09. The molecule has 0 fully saturated rings. The molecule has 324 valence electrons. The van der Waals surface area contributed by atoms with Crippen molar-refractivity contribution in [1.29, 1.82) is 0 Å². The van der Waals surface area contributed by atoms with E-state index in [1.165, 1.54) is 5.06 Å². The molecule has 0 aliphatic heterocycles. The van der Waals surface area contributed by atoms with E-state index in [4.69, 9.17) is 22.0 Å². The number of anilines is 1. The lowest BCUT2D eigenvalue weighted by atomic mass is 10.0. The van der Waals surface area contributed by atoms with Gasteiger partial charge in [-0.05, 0) is 61.4 Å². The fraction of sp³-hybridized carbons (Fsp3) is 0.419. The maximum Gasteiger partial charge on any atom is 0.332 e. The van der Waals surface area contributed by atoms with Gasteiger partial charge in [0.2, 0.25) is 35.4 Å². The summed E-state index contributed by atoms with van der Waals surface area (Å²) in [5, 5.41) is 14.4. The van der Waals surface area contributed by atoms with E-state index < -0.39 is 78.2 Å². The first kappa shape index (κ1) is 48.0. The topological polar surface area (TPSA) is 270 Å². The van der Waals surface area contributed by atoms with Gasteiger partial charge in [0.1, 0.15) is 24.2 Å². The zero-order chi connectivity index (χ0) is 44.0. The van der Waals surface area contributed by atoms with Crippen molar-refractivity contribution in [1.82, 2.24) is 26.6 Å². The third kappa shape index (κ3) is 17.3. The molecule has 0 bridgehead atoms. The number of para-hydroxylation sites is 1. The van der Waals surface area contributed by atoms with Gasteiger partial charge >= 0.3 is 5.97 Å². The summed E-state index contributed by atoms with van der Waals surface area (Å²) in [6.45, 7) is 3.44. The molecule has 11 N–H and O–H groups in total. The van der Waals surface area contributed by atoms with Crippen LogP contribution in [-0.2, 0) is 51.2 Å². The highest BCUT2D eigenvalue weighted by Gasteiger charge is 2.30. The monoisotopic (exact) mass is 829 g/mol. The summed E-state index contributed by atoms with van der Waals surface area (Å²) in [5.41, 5.74) is 19.3. The van der Waals surface area contributed by atoms with Crippen LogP contribution < -0.4 is 48.8 Å². The van der Waals surface area contributed by atoms with Crippen LogP contribution >= 0.6 is 0 Å². The van der Waals surface area contributed by atoms with Crippen molar-refractivity contribution in [2.75, 3.05) is 25.2 Å². The Balaban J connectivity index is 1.68. The second-order valence-corrected chi connectivity index (χ2v) is 14.8. The first-order valence-corrected chi connectivity index (χ1v) is 20.0. The number of hydrogen-bond donors (Lipinski definition) is 8. The molecule has 0 saturated carbocycles. The molecule has 5 atom stereocenters. The van der Waals surface area contributed by atoms with Gasteiger partial charge in [-0.1, -0.05) is 92.7 Å². The van der Waals surface area contributed by atoms with Gasteiger partial charge in [0, 0.05) is 19.9 Å². The summed E-state index contributed by atoms with van der Waals surface area (Å²) in [7, 11) is 1.55. The van der Waals surface area contributed by atoms with E-state index >= 15 is 0 Å². The standard InChI is InChI=1S/C43H59N9O8/c1-28(2)24-34(42(58)49-33(39(46)55)21-22-38(54)60-52(3)31-18-11-6-12-19-31)48-37(53)27-47-41(57)35(25-29-14-7-4-8-15-29)51-43(59)36(26-30-16-9-5-10-17-30)50-40(56)32(45)20-13-23-44/h4-12,14-19,28,32-36H,13,20-27,44-45H2,1-3H3,(H2,46,55)(H,47,57)(H,48,53)(H,49,58)(H,50,56)(H,51,59)/t32-,33-,34-,35-,36-/m0/s1. The molecular weight excluding hydrogens is 771 g/mol. The lowest BCUT2D eigenvalue weighted by molar-refractivity contribution is -0.145. The molecule has 0 radical (unpaired) electrons. The van der Waals surface area contributed by atoms with Gasteiger partial charge in [-0.25, -0.2) is 9.86 Å². The molecule has 0 heterocycles. The summed E-state index contributed by atoms with van der Waals surface area (Å²) in [6, 6.07) is 21.2. The predicted molar refractivity (Wildman–Crippen MR) is 226 cm³/mol. The summed E-state index contributed by atoms with van der Waals surface area (Å²) in [6.07, 6.45) is 0.740. The van der Waals surface area contributed by atoms with Gasteiger partial charge in [0.25, 0.3) is 0 Å². The summed E-state index contributed by atoms with van der Waals surface area (Å²) in [5.74, 6) is -4.97. The maximum absolute atomic E-state index is 13.9. The molecule has 3 aromatic rings. The zero-order valence-electron chi connectivity index (χ0n) is 34.4. The third-order valence-corrected chi connectivity index (χ3v) is 9.32. The minimum atomic E-state index is -1.25. The molecule has 0 aliphatic rings. The second kappa shape index (κ2) is 25.2. The van der Waals surface area contributed by atoms with Crippen LogP contribution in [0.5, 0.6) is 0 Å². The van der Waals surface area contributed by atoms with Gasteiger partial charge in [0.15, 0.2) is 0 Å². The Kier molecular flexibility index (Phi) is 20.2. The molecule has 60 heavy (non-hydrogen) atoms. The molecule has 17 heteroatoms. The van der Waals surface area contributed by atoms with E-state index in [-0.39, 0.29) is 38.0 Å².